The van der Waals surface area contributed by atoms with Crippen LogP contribution in [0.5, 0.6) is 0 Å². The van der Waals surface area contributed by atoms with Gasteiger partial charge in [0.05, 0.1) is 24.9 Å². The summed E-state index contributed by atoms with van der Waals surface area (Å²) in [5.74, 6) is 0.624. The van der Waals surface area contributed by atoms with Crippen LogP contribution in [0.3, 0.4) is 0 Å². The Kier molecular flexibility index (Phi) is 4.21. The van der Waals surface area contributed by atoms with Crippen molar-refractivity contribution < 1.29 is 9.53 Å². The SMILES string of the molecule is O=C(NCc1cccc(-n2cccn2)c1)N1CCOCC1C1CC1. The Morgan fingerprint density at radius 2 is 2.25 bits per heavy atom. The van der Waals surface area contributed by atoms with Crippen LogP contribution in [0, 0.1) is 5.92 Å². The lowest BCUT2D eigenvalue weighted by Gasteiger charge is -2.35. The van der Waals surface area contributed by atoms with Gasteiger partial charge in [0.15, 0.2) is 0 Å². The van der Waals surface area contributed by atoms with Crippen molar-refractivity contribution in [2.45, 2.75) is 25.4 Å². The van der Waals surface area contributed by atoms with Gasteiger partial charge < -0.3 is 15.0 Å². The largest absolute Gasteiger partial charge is 0.377 e. The standard InChI is InChI=1S/C18H22N4O2/c23-18(21-9-10-24-13-17(21)15-5-6-15)19-12-14-3-1-4-16(11-14)22-8-2-7-20-22/h1-4,7-8,11,15,17H,5-6,9-10,12-13H2,(H,19,23). The van der Waals surface area contributed by atoms with Crippen molar-refractivity contribution in [1.29, 1.82) is 0 Å². The molecule has 2 heterocycles. The lowest BCUT2D eigenvalue weighted by molar-refractivity contribution is 0.00463. The van der Waals surface area contributed by atoms with Gasteiger partial charge in [0.2, 0.25) is 0 Å². The van der Waals surface area contributed by atoms with Gasteiger partial charge in [-0.1, -0.05) is 12.1 Å². The maximum Gasteiger partial charge on any atom is 0.318 e. The maximum absolute atomic E-state index is 12.6. The first-order valence-electron chi connectivity index (χ1n) is 8.52. The van der Waals surface area contributed by atoms with Gasteiger partial charge in [-0.15, -0.1) is 0 Å². The quantitative estimate of drug-likeness (QED) is 0.937. The van der Waals surface area contributed by atoms with Crippen LogP contribution in [-0.2, 0) is 11.3 Å². The Morgan fingerprint density at radius 1 is 1.33 bits per heavy atom. The number of urea groups is 1. The molecule has 2 aliphatic rings. The summed E-state index contributed by atoms with van der Waals surface area (Å²) >= 11 is 0. The number of benzene rings is 1. The van der Waals surface area contributed by atoms with Gasteiger partial charge in [-0.2, -0.15) is 5.10 Å². The monoisotopic (exact) mass is 326 g/mol. The van der Waals surface area contributed by atoms with Crippen molar-refractivity contribution in [3.05, 3.63) is 48.3 Å². The lowest BCUT2D eigenvalue weighted by Crippen LogP contribution is -2.53. The number of hydrogen-bond donors (Lipinski definition) is 1. The van der Waals surface area contributed by atoms with Crippen LogP contribution in [0.15, 0.2) is 42.7 Å². The topological polar surface area (TPSA) is 59.4 Å². The minimum Gasteiger partial charge on any atom is -0.377 e. The average molecular weight is 326 g/mol. The Balaban J connectivity index is 1.39. The number of rotatable bonds is 4. The molecule has 1 aromatic carbocycles. The molecular formula is C18H22N4O2. The number of nitrogens with one attached hydrogen (secondary N) is 1. The normalized spacial score (nSPS) is 20.8. The molecule has 1 aromatic heterocycles. The fraction of sp³-hybridized carbons (Fsp3) is 0.444. The fourth-order valence-electron chi connectivity index (χ4n) is 3.26. The molecule has 1 saturated heterocycles. The first kappa shape index (κ1) is 15.2. The number of morpholine rings is 1. The van der Waals surface area contributed by atoms with Crippen molar-refractivity contribution in [1.82, 2.24) is 20.0 Å². The molecule has 0 radical (unpaired) electrons. The van der Waals surface area contributed by atoms with E-state index in [0.29, 0.717) is 32.2 Å². The minimum absolute atomic E-state index is 0.0136. The van der Waals surface area contributed by atoms with Gasteiger partial charge >= 0.3 is 6.03 Å². The van der Waals surface area contributed by atoms with E-state index in [2.05, 4.69) is 10.4 Å². The van der Waals surface area contributed by atoms with E-state index in [1.807, 2.05) is 46.1 Å². The summed E-state index contributed by atoms with van der Waals surface area (Å²) in [5, 5.41) is 7.30. The van der Waals surface area contributed by atoms with Gasteiger partial charge in [-0.05, 0) is 42.5 Å². The Morgan fingerprint density at radius 3 is 3.04 bits per heavy atom. The fourth-order valence-corrected chi connectivity index (χ4v) is 3.26. The van der Waals surface area contributed by atoms with Gasteiger partial charge in [0, 0.05) is 25.5 Å². The van der Waals surface area contributed by atoms with Crippen LogP contribution < -0.4 is 5.32 Å². The van der Waals surface area contributed by atoms with Crippen LogP contribution in [0.2, 0.25) is 0 Å². The summed E-state index contributed by atoms with van der Waals surface area (Å²) in [7, 11) is 0. The predicted molar refractivity (Wildman–Crippen MR) is 89.8 cm³/mol. The number of carbonyl (C=O) groups is 1. The summed E-state index contributed by atoms with van der Waals surface area (Å²) in [4.78, 5) is 14.5. The van der Waals surface area contributed by atoms with Crippen molar-refractivity contribution in [3.8, 4) is 5.69 Å². The van der Waals surface area contributed by atoms with E-state index >= 15 is 0 Å². The molecule has 1 aliphatic carbocycles. The number of aromatic nitrogens is 2. The molecule has 126 valence electrons. The van der Waals surface area contributed by atoms with E-state index in [4.69, 9.17) is 4.74 Å². The molecule has 2 aromatic rings. The summed E-state index contributed by atoms with van der Waals surface area (Å²) in [6.45, 7) is 2.50. The van der Waals surface area contributed by atoms with Gasteiger partial charge in [0.1, 0.15) is 0 Å². The Hall–Kier alpha value is -2.34. The second-order valence-electron chi connectivity index (χ2n) is 6.45. The van der Waals surface area contributed by atoms with E-state index in [0.717, 1.165) is 11.3 Å². The highest BCUT2D eigenvalue weighted by Crippen LogP contribution is 2.36. The van der Waals surface area contributed by atoms with Gasteiger partial charge in [-0.3, -0.25) is 0 Å². The summed E-state index contributed by atoms with van der Waals surface area (Å²) in [6, 6.07) is 10.2. The van der Waals surface area contributed by atoms with Gasteiger partial charge in [-0.25, -0.2) is 9.48 Å². The third-order valence-corrected chi connectivity index (χ3v) is 4.72. The molecule has 1 N–H and O–H groups in total. The van der Waals surface area contributed by atoms with Crippen LogP contribution in [0.1, 0.15) is 18.4 Å². The predicted octanol–water partition coefficient (Wildman–Crippen LogP) is 2.19. The highest BCUT2D eigenvalue weighted by Gasteiger charge is 2.39. The second-order valence-corrected chi connectivity index (χ2v) is 6.45. The number of carbonyl (C=O) groups excluding carboxylic acids is 1. The molecular weight excluding hydrogens is 304 g/mol. The second kappa shape index (κ2) is 6.65. The molecule has 0 spiro atoms. The molecule has 2 fully saturated rings. The van der Waals surface area contributed by atoms with E-state index in [1.54, 1.807) is 6.20 Å². The highest BCUT2D eigenvalue weighted by atomic mass is 16.5. The number of hydrogen-bond acceptors (Lipinski definition) is 3. The molecule has 1 saturated carbocycles. The summed E-state index contributed by atoms with van der Waals surface area (Å²) in [5.41, 5.74) is 2.06. The first-order chi connectivity index (χ1) is 11.8. The third kappa shape index (κ3) is 3.28. The summed E-state index contributed by atoms with van der Waals surface area (Å²) < 4.78 is 7.37. The average Bonchev–Trinajstić information content (AvgIpc) is 3.33. The number of amides is 2. The number of nitrogens with zero attached hydrogens (tertiary/aromatic N) is 3. The molecule has 6 nitrogen and oxygen atoms in total. The van der Waals surface area contributed by atoms with Crippen LogP contribution >= 0.6 is 0 Å². The smallest absolute Gasteiger partial charge is 0.318 e. The molecule has 6 heteroatoms. The highest BCUT2D eigenvalue weighted by molar-refractivity contribution is 5.74. The zero-order valence-electron chi connectivity index (χ0n) is 13.6. The van der Waals surface area contributed by atoms with Gasteiger partial charge in [0.25, 0.3) is 0 Å². The summed E-state index contributed by atoms with van der Waals surface area (Å²) in [6.07, 6.45) is 6.09. The van der Waals surface area contributed by atoms with Crippen LogP contribution in [0.25, 0.3) is 5.69 Å². The lowest BCUT2D eigenvalue weighted by atomic mass is 10.1. The molecule has 0 bridgehead atoms. The van der Waals surface area contributed by atoms with Crippen molar-refractivity contribution in [2.24, 2.45) is 5.92 Å². The zero-order chi connectivity index (χ0) is 16.4. The van der Waals surface area contributed by atoms with E-state index in [-0.39, 0.29) is 12.1 Å². The van der Waals surface area contributed by atoms with Crippen molar-refractivity contribution in [2.75, 3.05) is 19.8 Å². The van der Waals surface area contributed by atoms with Crippen molar-refractivity contribution in [3.63, 3.8) is 0 Å². The first-order valence-corrected chi connectivity index (χ1v) is 8.52. The number of ether oxygens (including phenoxy) is 1. The van der Waals surface area contributed by atoms with Crippen molar-refractivity contribution >= 4 is 6.03 Å². The molecule has 24 heavy (non-hydrogen) atoms. The Bertz CT molecular complexity index is 697. The van der Waals surface area contributed by atoms with Crippen LogP contribution in [-0.4, -0.2) is 46.5 Å². The Labute approximate surface area is 141 Å². The molecule has 1 atom stereocenters. The zero-order valence-corrected chi connectivity index (χ0v) is 13.6. The maximum atomic E-state index is 12.6. The molecule has 2 amide bonds. The van der Waals surface area contributed by atoms with Crippen LogP contribution in [0.4, 0.5) is 4.79 Å². The third-order valence-electron chi connectivity index (χ3n) is 4.72. The molecule has 1 aliphatic heterocycles. The van der Waals surface area contributed by atoms with E-state index in [9.17, 15) is 4.79 Å². The van der Waals surface area contributed by atoms with E-state index < -0.39 is 0 Å². The minimum atomic E-state index is 0.0136. The van der Waals surface area contributed by atoms with E-state index in [1.165, 1.54) is 12.8 Å². The molecule has 1 unspecified atom stereocenters. The molecule has 4 rings (SSSR count).